The van der Waals surface area contributed by atoms with E-state index in [1.54, 1.807) is 18.2 Å². The lowest BCUT2D eigenvalue weighted by molar-refractivity contribution is -0.144. The minimum Gasteiger partial charge on any atom is -0.464 e. The first kappa shape index (κ1) is 14.0. The lowest BCUT2D eigenvalue weighted by Crippen LogP contribution is -2.26. The van der Waals surface area contributed by atoms with Crippen molar-refractivity contribution in [3.63, 3.8) is 0 Å². The summed E-state index contributed by atoms with van der Waals surface area (Å²) in [6.45, 7) is 2.24. The Balaban J connectivity index is 2.21. The zero-order chi connectivity index (χ0) is 14.5. The van der Waals surface area contributed by atoms with Gasteiger partial charge in [0.05, 0.1) is 23.8 Å². The van der Waals surface area contributed by atoms with Gasteiger partial charge in [0.2, 0.25) is 0 Å². The van der Waals surface area contributed by atoms with Gasteiger partial charge >= 0.3 is 5.97 Å². The molecule has 6 nitrogen and oxygen atoms in total. The Kier molecular flexibility index (Phi) is 4.34. The Morgan fingerprint density at radius 1 is 1.45 bits per heavy atom. The van der Waals surface area contributed by atoms with E-state index in [9.17, 15) is 9.59 Å². The van der Waals surface area contributed by atoms with Gasteiger partial charge in [0.1, 0.15) is 6.54 Å². The fourth-order valence-electron chi connectivity index (χ4n) is 1.80. The summed E-state index contributed by atoms with van der Waals surface area (Å²) < 4.78 is 6.26. The lowest BCUT2D eigenvalue weighted by atomic mass is 10.2. The Bertz CT molecular complexity index is 679. The molecule has 0 bridgehead atoms. The summed E-state index contributed by atoms with van der Waals surface area (Å²) in [6, 6.07) is 4.91. The molecule has 0 aliphatic rings. The van der Waals surface area contributed by atoms with E-state index in [1.165, 1.54) is 10.9 Å². The Hall–Kier alpha value is -2.37. The first-order valence-corrected chi connectivity index (χ1v) is 6.52. The number of esters is 1. The molecule has 1 heterocycles. The predicted octanol–water partition coefficient (Wildman–Crippen LogP) is 1.32. The monoisotopic (exact) mass is 275 g/mol. The topological polar surface area (TPSA) is 87.2 Å². The number of nitrogen functional groups attached to an aromatic ring is 1. The smallest absolute Gasteiger partial charge is 0.326 e. The highest BCUT2D eigenvalue weighted by molar-refractivity contribution is 5.81. The second kappa shape index (κ2) is 6.18. The molecular weight excluding hydrogens is 258 g/mol. The zero-order valence-corrected chi connectivity index (χ0v) is 11.3. The number of carbonyl (C=O) groups is 1. The first-order valence-electron chi connectivity index (χ1n) is 6.52. The van der Waals surface area contributed by atoms with Gasteiger partial charge in [-0.2, -0.15) is 0 Å². The van der Waals surface area contributed by atoms with Crippen LogP contribution in [-0.4, -0.2) is 22.1 Å². The van der Waals surface area contributed by atoms with Gasteiger partial charge in [-0.3, -0.25) is 14.2 Å². The predicted molar refractivity (Wildman–Crippen MR) is 76.3 cm³/mol. The molecule has 1 aromatic heterocycles. The quantitative estimate of drug-likeness (QED) is 0.505. The molecule has 1 aromatic carbocycles. The largest absolute Gasteiger partial charge is 0.464 e. The number of anilines is 1. The standard InChI is InChI=1S/C14H17N3O3/c1-2-3-6-20-13(18)8-17-9-16-12-5-4-10(15)7-11(12)14(17)19/h4-5,7,9H,2-3,6,8,15H2,1H3. The van der Waals surface area contributed by atoms with Gasteiger partial charge in [-0.1, -0.05) is 13.3 Å². The molecule has 0 radical (unpaired) electrons. The highest BCUT2D eigenvalue weighted by Gasteiger charge is 2.09. The molecule has 0 atom stereocenters. The van der Waals surface area contributed by atoms with Gasteiger partial charge in [0, 0.05) is 5.69 Å². The fourth-order valence-corrected chi connectivity index (χ4v) is 1.80. The van der Waals surface area contributed by atoms with Crippen molar-refractivity contribution >= 4 is 22.6 Å². The van der Waals surface area contributed by atoms with Gasteiger partial charge in [-0.25, -0.2) is 4.98 Å². The summed E-state index contributed by atoms with van der Waals surface area (Å²) in [5.74, 6) is -0.439. The van der Waals surface area contributed by atoms with E-state index in [4.69, 9.17) is 10.5 Å². The molecule has 0 unspecified atom stereocenters. The molecule has 0 saturated heterocycles. The fraction of sp³-hybridized carbons (Fsp3) is 0.357. The number of aromatic nitrogens is 2. The third kappa shape index (κ3) is 3.14. The van der Waals surface area contributed by atoms with Gasteiger partial charge in [0.15, 0.2) is 0 Å². The van der Waals surface area contributed by atoms with Crippen molar-refractivity contribution in [1.29, 1.82) is 0 Å². The number of hydrogen-bond acceptors (Lipinski definition) is 5. The van der Waals surface area contributed by atoms with Crippen molar-refractivity contribution < 1.29 is 9.53 Å². The summed E-state index contributed by atoms with van der Waals surface area (Å²) in [6.07, 6.45) is 3.11. The van der Waals surface area contributed by atoms with Crippen LogP contribution in [0.1, 0.15) is 19.8 Å². The number of rotatable bonds is 5. The minimum atomic E-state index is -0.439. The first-order chi connectivity index (χ1) is 9.61. The molecule has 0 aliphatic carbocycles. The molecule has 2 rings (SSSR count). The third-order valence-electron chi connectivity index (χ3n) is 2.91. The highest BCUT2D eigenvalue weighted by Crippen LogP contribution is 2.10. The Morgan fingerprint density at radius 3 is 3.00 bits per heavy atom. The van der Waals surface area contributed by atoms with Crippen LogP contribution in [0.4, 0.5) is 5.69 Å². The van der Waals surface area contributed by atoms with E-state index in [1.807, 2.05) is 6.92 Å². The number of carbonyl (C=O) groups excluding carboxylic acids is 1. The van der Waals surface area contributed by atoms with Gasteiger partial charge in [0.25, 0.3) is 5.56 Å². The van der Waals surface area contributed by atoms with Crippen LogP contribution in [0.5, 0.6) is 0 Å². The van der Waals surface area contributed by atoms with Gasteiger partial charge in [-0.15, -0.1) is 0 Å². The molecule has 0 amide bonds. The van der Waals surface area contributed by atoms with Crippen LogP contribution in [0.25, 0.3) is 10.9 Å². The van der Waals surface area contributed by atoms with Crippen LogP contribution in [0, 0.1) is 0 Å². The van der Waals surface area contributed by atoms with Crippen molar-refractivity contribution in [2.45, 2.75) is 26.3 Å². The molecule has 106 valence electrons. The maximum absolute atomic E-state index is 12.2. The van der Waals surface area contributed by atoms with E-state index in [0.29, 0.717) is 23.2 Å². The molecule has 0 spiro atoms. The highest BCUT2D eigenvalue weighted by atomic mass is 16.5. The second-order valence-corrected chi connectivity index (χ2v) is 4.53. The normalized spacial score (nSPS) is 10.7. The number of benzene rings is 1. The Labute approximate surface area is 116 Å². The average molecular weight is 275 g/mol. The number of hydrogen-bond donors (Lipinski definition) is 1. The van der Waals surface area contributed by atoms with Crippen molar-refractivity contribution in [3.8, 4) is 0 Å². The molecule has 2 aromatic rings. The van der Waals surface area contributed by atoms with Crippen LogP contribution >= 0.6 is 0 Å². The second-order valence-electron chi connectivity index (χ2n) is 4.53. The molecule has 6 heteroatoms. The number of fused-ring (bicyclic) bond motifs is 1. The third-order valence-corrected chi connectivity index (χ3v) is 2.91. The van der Waals surface area contributed by atoms with Crippen LogP contribution in [-0.2, 0) is 16.1 Å². The Morgan fingerprint density at radius 2 is 2.25 bits per heavy atom. The molecule has 0 aliphatic heterocycles. The summed E-state index contributed by atoms with van der Waals surface area (Å²) in [5, 5.41) is 0.397. The summed E-state index contributed by atoms with van der Waals surface area (Å²) in [5.41, 5.74) is 6.40. The van der Waals surface area contributed by atoms with Crippen LogP contribution in [0.3, 0.4) is 0 Å². The van der Waals surface area contributed by atoms with E-state index in [0.717, 1.165) is 12.8 Å². The van der Waals surface area contributed by atoms with Gasteiger partial charge in [-0.05, 0) is 24.6 Å². The number of nitrogens with zero attached hydrogens (tertiary/aromatic N) is 2. The molecule has 2 N–H and O–H groups in total. The zero-order valence-electron chi connectivity index (χ0n) is 11.3. The van der Waals surface area contributed by atoms with Crippen molar-refractivity contribution in [1.82, 2.24) is 9.55 Å². The number of ether oxygens (including phenoxy) is 1. The minimum absolute atomic E-state index is 0.139. The van der Waals surface area contributed by atoms with Crippen molar-refractivity contribution in [3.05, 3.63) is 34.9 Å². The van der Waals surface area contributed by atoms with Crippen molar-refractivity contribution in [2.75, 3.05) is 12.3 Å². The molecular formula is C14H17N3O3. The average Bonchev–Trinajstić information content (AvgIpc) is 2.43. The van der Waals surface area contributed by atoms with Crippen LogP contribution < -0.4 is 11.3 Å². The molecule has 0 saturated carbocycles. The van der Waals surface area contributed by atoms with E-state index < -0.39 is 5.97 Å². The van der Waals surface area contributed by atoms with E-state index in [-0.39, 0.29) is 12.1 Å². The van der Waals surface area contributed by atoms with E-state index in [2.05, 4.69) is 4.98 Å². The summed E-state index contributed by atoms with van der Waals surface area (Å²) >= 11 is 0. The number of nitrogens with two attached hydrogens (primary N) is 1. The number of unbranched alkanes of at least 4 members (excludes halogenated alkanes) is 1. The summed E-state index contributed by atoms with van der Waals surface area (Å²) in [7, 11) is 0. The molecule has 0 fully saturated rings. The van der Waals surface area contributed by atoms with E-state index >= 15 is 0 Å². The summed E-state index contributed by atoms with van der Waals surface area (Å²) in [4.78, 5) is 27.9. The lowest BCUT2D eigenvalue weighted by Gasteiger charge is -2.07. The van der Waals surface area contributed by atoms with Crippen LogP contribution in [0.2, 0.25) is 0 Å². The maximum atomic E-state index is 12.2. The SMILES string of the molecule is CCCCOC(=O)Cn1cnc2ccc(N)cc2c1=O. The van der Waals surface area contributed by atoms with Crippen LogP contribution in [0.15, 0.2) is 29.3 Å². The van der Waals surface area contributed by atoms with Gasteiger partial charge < -0.3 is 10.5 Å². The van der Waals surface area contributed by atoms with Crippen molar-refractivity contribution in [2.24, 2.45) is 0 Å². The maximum Gasteiger partial charge on any atom is 0.326 e. The molecule has 20 heavy (non-hydrogen) atoms.